The lowest BCUT2D eigenvalue weighted by Gasteiger charge is -2.33. The molecule has 1 aliphatic rings. The summed E-state index contributed by atoms with van der Waals surface area (Å²) in [6.45, 7) is 3.80. The zero-order valence-corrected chi connectivity index (χ0v) is 25.5. The van der Waals surface area contributed by atoms with Gasteiger partial charge in [0.25, 0.3) is 0 Å². The number of hydrogen-bond donors (Lipinski definition) is 1. The number of nitrogens with zero attached hydrogens (tertiary/aromatic N) is 2. The molecule has 1 aliphatic carbocycles. The molecule has 1 N–H and O–H groups in total. The monoisotopic (exact) mass is 591 g/mol. The second kappa shape index (κ2) is 14.4. The van der Waals surface area contributed by atoms with Gasteiger partial charge >= 0.3 is 0 Å². The van der Waals surface area contributed by atoms with Crippen LogP contribution in [0.25, 0.3) is 0 Å². The van der Waals surface area contributed by atoms with Gasteiger partial charge in [-0.3, -0.25) is 13.9 Å². The summed E-state index contributed by atoms with van der Waals surface area (Å²) in [6, 6.07) is 23.4. The molecular weight excluding hydrogens is 550 g/mol. The molecule has 42 heavy (non-hydrogen) atoms. The highest BCUT2D eigenvalue weighted by atomic mass is 32.2. The average Bonchev–Trinajstić information content (AvgIpc) is 2.98. The van der Waals surface area contributed by atoms with E-state index in [-0.39, 0.29) is 18.5 Å². The highest BCUT2D eigenvalue weighted by molar-refractivity contribution is 7.92. The molecule has 1 saturated carbocycles. The van der Waals surface area contributed by atoms with Crippen molar-refractivity contribution in [3.8, 4) is 5.75 Å². The van der Waals surface area contributed by atoms with Crippen LogP contribution in [0.4, 0.5) is 5.69 Å². The fraction of sp³-hybridized carbons (Fsp3) is 0.394. The van der Waals surface area contributed by atoms with Gasteiger partial charge < -0.3 is 15.0 Å². The van der Waals surface area contributed by atoms with Crippen molar-refractivity contribution in [1.82, 2.24) is 10.2 Å². The van der Waals surface area contributed by atoms with Gasteiger partial charge in [0.2, 0.25) is 21.8 Å². The predicted molar refractivity (Wildman–Crippen MR) is 166 cm³/mol. The van der Waals surface area contributed by atoms with Crippen LogP contribution in [0.1, 0.15) is 55.7 Å². The maximum absolute atomic E-state index is 13.8. The minimum atomic E-state index is -3.82. The first-order chi connectivity index (χ1) is 20.1. The van der Waals surface area contributed by atoms with Gasteiger partial charge in [0.15, 0.2) is 0 Å². The third-order valence-corrected chi connectivity index (χ3v) is 8.75. The van der Waals surface area contributed by atoms with E-state index >= 15 is 0 Å². The molecule has 0 aromatic heterocycles. The van der Waals surface area contributed by atoms with Crippen molar-refractivity contribution in [3.63, 3.8) is 0 Å². The van der Waals surface area contributed by atoms with Crippen LogP contribution in [-0.2, 0) is 32.8 Å². The van der Waals surface area contributed by atoms with Crippen molar-refractivity contribution >= 4 is 27.5 Å². The summed E-state index contributed by atoms with van der Waals surface area (Å²) in [5.74, 6) is -0.109. The van der Waals surface area contributed by atoms with Gasteiger partial charge in [-0.25, -0.2) is 8.42 Å². The molecule has 1 fully saturated rings. The van der Waals surface area contributed by atoms with Crippen LogP contribution in [0.3, 0.4) is 0 Å². The molecule has 224 valence electrons. The first-order valence-corrected chi connectivity index (χ1v) is 16.3. The highest BCUT2D eigenvalue weighted by Gasteiger charge is 2.31. The van der Waals surface area contributed by atoms with Crippen molar-refractivity contribution in [2.45, 2.75) is 71.2 Å². The van der Waals surface area contributed by atoms with Gasteiger partial charge in [0.1, 0.15) is 24.9 Å². The number of carbonyl (C=O) groups is 2. The Labute approximate surface area is 249 Å². The van der Waals surface area contributed by atoms with E-state index in [0.717, 1.165) is 52.9 Å². The number of aryl methyl sites for hydroxylation is 1. The molecule has 0 spiro atoms. The summed E-state index contributed by atoms with van der Waals surface area (Å²) in [7, 11) is -3.82. The lowest BCUT2D eigenvalue weighted by Crippen LogP contribution is -2.52. The van der Waals surface area contributed by atoms with Gasteiger partial charge in [0, 0.05) is 12.6 Å². The number of benzene rings is 3. The van der Waals surface area contributed by atoms with Crippen LogP contribution in [0, 0.1) is 6.92 Å². The van der Waals surface area contributed by atoms with E-state index in [0.29, 0.717) is 18.0 Å². The molecule has 0 bridgehead atoms. The first-order valence-electron chi connectivity index (χ1n) is 14.5. The van der Waals surface area contributed by atoms with Gasteiger partial charge in [-0.15, -0.1) is 0 Å². The van der Waals surface area contributed by atoms with E-state index in [1.54, 1.807) is 31.2 Å². The van der Waals surface area contributed by atoms with E-state index in [9.17, 15) is 18.0 Å². The molecule has 0 saturated heterocycles. The second-order valence-electron chi connectivity index (χ2n) is 11.1. The number of anilines is 1. The van der Waals surface area contributed by atoms with Crippen LogP contribution in [-0.4, -0.2) is 50.0 Å². The molecule has 3 aromatic carbocycles. The lowest BCUT2D eigenvalue weighted by atomic mass is 9.95. The third kappa shape index (κ3) is 8.82. The Morgan fingerprint density at radius 3 is 2.24 bits per heavy atom. The summed E-state index contributed by atoms with van der Waals surface area (Å²) in [5, 5.41) is 3.12. The molecule has 1 atom stereocenters. The van der Waals surface area contributed by atoms with Crippen molar-refractivity contribution in [2.75, 3.05) is 17.1 Å². The van der Waals surface area contributed by atoms with Crippen LogP contribution >= 0.6 is 0 Å². The maximum atomic E-state index is 13.8. The molecule has 9 heteroatoms. The van der Waals surface area contributed by atoms with Gasteiger partial charge in [-0.2, -0.15) is 0 Å². The van der Waals surface area contributed by atoms with E-state index in [1.165, 1.54) is 11.3 Å². The summed E-state index contributed by atoms with van der Waals surface area (Å²) < 4.78 is 32.7. The van der Waals surface area contributed by atoms with Crippen LogP contribution in [0.15, 0.2) is 78.9 Å². The molecule has 4 rings (SSSR count). The number of ether oxygens (including phenoxy) is 1. The van der Waals surface area contributed by atoms with Crippen LogP contribution in [0.5, 0.6) is 5.75 Å². The number of carbonyl (C=O) groups excluding carboxylic acids is 2. The third-order valence-electron chi connectivity index (χ3n) is 7.61. The Morgan fingerprint density at radius 2 is 1.60 bits per heavy atom. The van der Waals surface area contributed by atoms with Crippen molar-refractivity contribution in [1.29, 1.82) is 0 Å². The lowest BCUT2D eigenvalue weighted by molar-refractivity contribution is -0.139. The Bertz CT molecular complexity index is 1440. The Hall–Kier alpha value is -3.85. The van der Waals surface area contributed by atoms with E-state index in [1.807, 2.05) is 61.5 Å². The van der Waals surface area contributed by atoms with Crippen LogP contribution in [0.2, 0.25) is 0 Å². The van der Waals surface area contributed by atoms with Crippen LogP contribution < -0.4 is 14.4 Å². The van der Waals surface area contributed by atoms with E-state index in [2.05, 4.69) is 5.32 Å². The first kappa shape index (κ1) is 31.1. The van der Waals surface area contributed by atoms with Crippen molar-refractivity contribution in [3.05, 3.63) is 95.6 Å². The number of sulfonamides is 1. The quantitative estimate of drug-likeness (QED) is 0.312. The molecule has 0 aliphatic heterocycles. The fourth-order valence-electron chi connectivity index (χ4n) is 5.22. The summed E-state index contributed by atoms with van der Waals surface area (Å²) in [5.41, 5.74) is 3.26. The molecule has 0 unspecified atom stereocenters. The molecule has 3 aromatic rings. The second-order valence-corrected chi connectivity index (χ2v) is 13.0. The number of rotatable bonds is 12. The van der Waals surface area contributed by atoms with Gasteiger partial charge in [0.05, 0.1) is 11.9 Å². The Balaban J connectivity index is 1.52. The SMILES string of the molecule is Cc1cccc(CN(C(=O)CN(c2ccc(OCc3ccccc3)cc2)S(C)(=O)=O)[C@@H](C)C(=O)NC2CCCCC2)c1. The number of nitrogens with one attached hydrogen (secondary N) is 1. The average molecular weight is 592 g/mol. The summed E-state index contributed by atoms with van der Waals surface area (Å²) in [6.07, 6.45) is 6.25. The summed E-state index contributed by atoms with van der Waals surface area (Å²) >= 11 is 0. The van der Waals surface area contributed by atoms with Gasteiger partial charge in [-0.05, 0) is 62.1 Å². The largest absolute Gasteiger partial charge is 0.489 e. The summed E-state index contributed by atoms with van der Waals surface area (Å²) in [4.78, 5) is 28.6. The smallest absolute Gasteiger partial charge is 0.244 e. The molecular formula is C33H41N3O5S. The number of amides is 2. The molecule has 0 heterocycles. The molecule has 0 radical (unpaired) electrons. The molecule has 2 amide bonds. The maximum Gasteiger partial charge on any atom is 0.244 e. The van der Waals surface area contributed by atoms with Crippen molar-refractivity contribution < 1.29 is 22.7 Å². The van der Waals surface area contributed by atoms with Crippen molar-refractivity contribution in [2.24, 2.45) is 0 Å². The minimum absolute atomic E-state index is 0.0970. The number of hydrogen-bond acceptors (Lipinski definition) is 5. The minimum Gasteiger partial charge on any atom is -0.489 e. The zero-order valence-electron chi connectivity index (χ0n) is 24.7. The fourth-order valence-corrected chi connectivity index (χ4v) is 6.07. The zero-order chi connectivity index (χ0) is 30.1. The van der Waals surface area contributed by atoms with E-state index in [4.69, 9.17) is 4.74 Å². The highest BCUT2D eigenvalue weighted by Crippen LogP contribution is 2.24. The Morgan fingerprint density at radius 1 is 0.929 bits per heavy atom. The normalized spacial score (nSPS) is 14.5. The Kier molecular flexibility index (Phi) is 10.6. The predicted octanol–water partition coefficient (Wildman–Crippen LogP) is 5.21. The topological polar surface area (TPSA) is 96.0 Å². The van der Waals surface area contributed by atoms with E-state index < -0.39 is 28.5 Å². The molecule has 8 nitrogen and oxygen atoms in total. The standard InChI is InChI=1S/C33H41N3O5S/c1-25-11-10-14-28(21-25)22-35(26(2)33(38)34-29-15-8-5-9-16-29)32(37)23-36(42(3,39)40)30-17-19-31(20-18-30)41-24-27-12-6-4-7-13-27/h4,6-7,10-14,17-21,26,29H,5,8-9,15-16,22-24H2,1-3H3,(H,34,38)/t26-/m0/s1. The van der Waals surface area contributed by atoms with Gasteiger partial charge in [-0.1, -0.05) is 79.4 Å².